The summed E-state index contributed by atoms with van der Waals surface area (Å²) in [5.41, 5.74) is 0. The van der Waals surface area contributed by atoms with Crippen molar-refractivity contribution < 1.29 is 14.9 Å². The number of unbranched alkanes of at least 4 members (excludes halogenated alkanes) is 9. The van der Waals surface area contributed by atoms with Crippen LogP contribution in [0.1, 0.15) is 84.5 Å². The van der Waals surface area contributed by atoms with E-state index in [1.807, 2.05) is 4.90 Å². The SMILES string of the molecule is CCCCCCCCCCCCC(C)OCCN(CCO)CCO. The first-order chi connectivity index (χ1) is 11.7. The summed E-state index contributed by atoms with van der Waals surface area (Å²) in [4.78, 5) is 2.03. The number of rotatable bonds is 19. The summed E-state index contributed by atoms with van der Waals surface area (Å²) < 4.78 is 5.84. The average Bonchev–Trinajstić information content (AvgIpc) is 2.57. The molecule has 0 bridgehead atoms. The van der Waals surface area contributed by atoms with E-state index in [1.165, 1.54) is 64.2 Å². The molecule has 24 heavy (non-hydrogen) atoms. The molecule has 1 unspecified atom stereocenters. The third-order valence-electron chi connectivity index (χ3n) is 4.61. The molecule has 0 aliphatic heterocycles. The predicted molar refractivity (Wildman–Crippen MR) is 102 cm³/mol. The van der Waals surface area contributed by atoms with Gasteiger partial charge >= 0.3 is 0 Å². The first kappa shape index (κ1) is 23.8. The van der Waals surface area contributed by atoms with Crippen molar-refractivity contribution in [1.82, 2.24) is 4.90 Å². The molecule has 0 aromatic carbocycles. The summed E-state index contributed by atoms with van der Waals surface area (Å²) >= 11 is 0. The number of aliphatic hydroxyl groups excluding tert-OH is 2. The Morgan fingerprint density at radius 1 is 0.750 bits per heavy atom. The monoisotopic (exact) mass is 345 g/mol. The summed E-state index contributed by atoms with van der Waals surface area (Å²) in [5, 5.41) is 17.9. The second-order valence-electron chi connectivity index (χ2n) is 6.94. The zero-order valence-electron chi connectivity index (χ0n) is 16.3. The number of aliphatic hydroxyl groups is 2. The Kier molecular flexibility index (Phi) is 19.0. The van der Waals surface area contributed by atoms with Crippen LogP contribution in [0.4, 0.5) is 0 Å². The first-order valence-corrected chi connectivity index (χ1v) is 10.3. The molecule has 0 amide bonds. The number of hydrogen-bond acceptors (Lipinski definition) is 4. The summed E-state index contributed by atoms with van der Waals surface area (Å²) in [6.07, 6.45) is 15.2. The van der Waals surface area contributed by atoms with E-state index in [0.717, 1.165) is 13.0 Å². The number of hydrogen-bond donors (Lipinski definition) is 2. The summed E-state index contributed by atoms with van der Waals surface area (Å²) in [6.45, 7) is 7.36. The van der Waals surface area contributed by atoms with Crippen LogP contribution in [-0.4, -0.2) is 60.7 Å². The fourth-order valence-electron chi connectivity index (χ4n) is 3.00. The van der Waals surface area contributed by atoms with E-state index in [1.54, 1.807) is 0 Å². The number of ether oxygens (including phenoxy) is 1. The lowest BCUT2D eigenvalue weighted by Crippen LogP contribution is -2.33. The summed E-state index contributed by atoms with van der Waals surface area (Å²) in [5.74, 6) is 0. The maximum absolute atomic E-state index is 8.97. The van der Waals surface area contributed by atoms with Crippen LogP contribution in [-0.2, 0) is 4.74 Å². The molecule has 0 aliphatic carbocycles. The van der Waals surface area contributed by atoms with Gasteiger partial charge in [-0.15, -0.1) is 0 Å². The molecule has 0 saturated heterocycles. The van der Waals surface area contributed by atoms with E-state index in [4.69, 9.17) is 14.9 Å². The minimum absolute atomic E-state index is 0.133. The van der Waals surface area contributed by atoms with Gasteiger partial charge in [-0.25, -0.2) is 0 Å². The van der Waals surface area contributed by atoms with Crippen LogP contribution in [0.3, 0.4) is 0 Å². The Bertz CT molecular complexity index is 233. The second kappa shape index (κ2) is 19.2. The third-order valence-corrected chi connectivity index (χ3v) is 4.61. The lowest BCUT2D eigenvalue weighted by molar-refractivity contribution is 0.0362. The van der Waals surface area contributed by atoms with Gasteiger partial charge in [0.2, 0.25) is 0 Å². The van der Waals surface area contributed by atoms with Crippen LogP contribution in [0.15, 0.2) is 0 Å². The fraction of sp³-hybridized carbons (Fsp3) is 1.00. The molecule has 0 rings (SSSR count). The second-order valence-corrected chi connectivity index (χ2v) is 6.94. The summed E-state index contributed by atoms with van der Waals surface area (Å²) in [6, 6.07) is 0. The highest BCUT2D eigenvalue weighted by Gasteiger charge is 2.06. The first-order valence-electron chi connectivity index (χ1n) is 10.3. The Morgan fingerprint density at radius 3 is 1.75 bits per heavy atom. The lowest BCUT2D eigenvalue weighted by atomic mass is 10.0. The average molecular weight is 346 g/mol. The highest BCUT2D eigenvalue weighted by molar-refractivity contribution is 4.58. The molecule has 0 aromatic rings. The van der Waals surface area contributed by atoms with Crippen molar-refractivity contribution in [3.8, 4) is 0 Å². The van der Waals surface area contributed by atoms with E-state index in [-0.39, 0.29) is 13.2 Å². The van der Waals surface area contributed by atoms with Crippen molar-refractivity contribution in [3.63, 3.8) is 0 Å². The molecule has 0 aliphatic rings. The van der Waals surface area contributed by atoms with E-state index in [0.29, 0.717) is 25.8 Å². The quantitative estimate of drug-likeness (QED) is 0.348. The molecule has 0 fully saturated rings. The van der Waals surface area contributed by atoms with Crippen LogP contribution in [0.5, 0.6) is 0 Å². The molecule has 0 saturated carbocycles. The molecule has 0 radical (unpaired) electrons. The largest absolute Gasteiger partial charge is 0.395 e. The van der Waals surface area contributed by atoms with Crippen LogP contribution >= 0.6 is 0 Å². The van der Waals surface area contributed by atoms with Crippen molar-refractivity contribution in [2.45, 2.75) is 90.6 Å². The topological polar surface area (TPSA) is 52.9 Å². The molecule has 2 N–H and O–H groups in total. The molecular weight excluding hydrogens is 302 g/mol. The Morgan fingerprint density at radius 2 is 1.25 bits per heavy atom. The normalized spacial score (nSPS) is 12.9. The van der Waals surface area contributed by atoms with Crippen LogP contribution in [0.2, 0.25) is 0 Å². The van der Waals surface area contributed by atoms with Gasteiger partial charge in [0.1, 0.15) is 0 Å². The smallest absolute Gasteiger partial charge is 0.0597 e. The van der Waals surface area contributed by atoms with Crippen molar-refractivity contribution in [2.24, 2.45) is 0 Å². The molecule has 0 spiro atoms. The maximum Gasteiger partial charge on any atom is 0.0597 e. The lowest BCUT2D eigenvalue weighted by Gasteiger charge is -2.21. The number of nitrogens with zero attached hydrogens (tertiary/aromatic N) is 1. The van der Waals surface area contributed by atoms with Gasteiger partial charge in [-0.1, -0.05) is 71.1 Å². The van der Waals surface area contributed by atoms with Gasteiger partial charge in [0.05, 0.1) is 25.9 Å². The molecule has 4 nitrogen and oxygen atoms in total. The van der Waals surface area contributed by atoms with Gasteiger partial charge in [0, 0.05) is 19.6 Å². The Labute approximate surface area is 150 Å². The molecule has 0 heterocycles. The molecular formula is C20H43NO3. The Hall–Kier alpha value is -0.160. The van der Waals surface area contributed by atoms with Crippen molar-refractivity contribution in [3.05, 3.63) is 0 Å². The predicted octanol–water partition coefficient (Wildman–Crippen LogP) is 3.99. The van der Waals surface area contributed by atoms with E-state index >= 15 is 0 Å². The van der Waals surface area contributed by atoms with Crippen LogP contribution < -0.4 is 0 Å². The van der Waals surface area contributed by atoms with Crippen molar-refractivity contribution >= 4 is 0 Å². The van der Waals surface area contributed by atoms with Gasteiger partial charge in [-0.3, -0.25) is 4.90 Å². The standard InChI is InChI=1S/C20H43NO3/c1-3-4-5-6-7-8-9-10-11-12-13-20(2)24-19-16-21(14-17-22)15-18-23/h20,22-23H,3-19H2,1-2H3. The molecule has 4 heteroatoms. The van der Waals surface area contributed by atoms with Gasteiger partial charge in [-0.05, 0) is 13.3 Å². The highest BCUT2D eigenvalue weighted by Crippen LogP contribution is 2.12. The highest BCUT2D eigenvalue weighted by atomic mass is 16.5. The van der Waals surface area contributed by atoms with Crippen molar-refractivity contribution in [2.75, 3.05) is 39.5 Å². The van der Waals surface area contributed by atoms with Crippen LogP contribution in [0, 0.1) is 0 Å². The molecule has 0 aromatic heterocycles. The van der Waals surface area contributed by atoms with Gasteiger partial charge in [0.25, 0.3) is 0 Å². The van der Waals surface area contributed by atoms with Crippen molar-refractivity contribution in [1.29, 1.82) is 0 Å². The van der Waals surface area contributed by atoms with Crippen LogP contribution in [0.25, 0.3) is 0 Å². The van der Waals surface area contributed by atoms with E-state index < -0.39 is 0 Å². The van der Waals surface area contributed by atoms with Gasteiger partial charge < -0.3 is 14.9 Å². The molecule has 146 valence electrons. The van der Waals surface area contributed by atoms with Gasteiger partial charge in [-0.2, -0.15) is 0 Å². The minimum atomic E-state index is 0.133. The van der Waals surface area contributed by atoms with E-state index in [2.05, 4.69) is 13.8 Å². The zero-order valence-corrected chi connectivity index (χ0v) is 16.3. The molecule has 1 atom stereocenters. The minimum Gasteiger partial charge on any atom is -0.395 e. The summed E-state index contributed by atoms with van der Waals surface area (Å²) in [7, 11) is 0. The fourth-order valence-corrected chi connectivity index (χ4v) is 3.00. The van der Waals surface area contributed by atoms with E-state index in [9.17, 15) is 0 Å². The van der Waals surface area contributed by atoms with Gasteiger partial charge in [0.15, 0.2) is 0 Å². The Balaban J connectivity index is 3.35. The zero-order chi connectivity index (χ0) is 17.9. The maximum atomic E-state index is 8.97. The third kappa shape index (κ3) is 16.7.